The minimum absolute atomic E-state index is 0. The molecular formula is C56H49GeIrN3O-2. The van der Waals surface area contributed by atoms with Crippen LogP contribution in [0.4, 0.5) is 0 Å². The number of rotatable bonds is 6. The van der Waals surface area contributed by atoms with Gasteiger partial charge < -0.3 is 8.98 Å². The number of hydrogen-bond donors (Lipinski definition) is 0. The summed E-state index contributed by atoms with van der Waals surface area (Å²) in [4.78, 5) is 9.77. The third-order valence-electron chi connectivity index (χ3n) is 11.2. The maximum atomic E-state index is 7.35. The molecule has 0 aliphatic carbocycles. The van der Waals surface area contributed by atoms with Crippen LogP contribution in [0.5, 0.6) is 0 Å². The van der Waals surface area contributed by atoms with Gasteiger partial charge in [-0.1, -0.05) is 123 Å². The standard InChI is InChI=1S/C41H31N2O.C15H18GeN.Ir/c1-41(2,3)29-25-33(27-15-6-4-7-16-27)38(34(26-29)28-17-8-5-9-18-28)43-36-23-12-11-22-35(36)42-40(43)32-21-14-20-31-30-19-10-13-24-37(30)44-39(31)32;1-12-5-7-13(8-6-12)15-10-9-14(11-17-15)16(2,3)4;/h4-20,22-26H,1-3H3;5-7,9-11H,1-4H3;/q2*-1;/i;1D3;. The van der Waals surface area contributed by atoms with Gasteiger partial charge in [0.05, 0.1) is 28.1 Å². The van der Waals surface area contributed by atoms with Gasteiger partial charge >= 0.3 is 110 Å². The van der Waals surface area contributed by atoms with E-state index >= 15 is 0 Å². The van der Waals surface area contributed by atoms with Crippen LogP contribution in [0.2, 0.25) is 17.3 Å². The fourth-order valence-corrected chi connectivity index (χ4v) is 10.0. The predicted molar refractivity (Wildman–Crippen MR) is 258 cm³/mol. The second-order valence-corrected chi connectivity index (χ2v) is 28.2. The van der Waals surface area contributed by atoms with Gasteiger partial charge in [0.1, 0.15) is 5.58 Å². The molecule has 6 heteroatoms. The van der Waals surface area contributed by atoms with Crippen LogP contribution in [-0.2, 0) is 25.5 Å². The molecule has 0 aliphatic heterocycles. The number of aryl methyl sites for hydroxylation is 1. The van der Waals surface area contributed by atoms with Crippen molar-refractivity contribution in [3.8, 4) is 50.6 Å². The molecule has 3 heterocycles. The summed E-state index contributed by atoms with van der Waals surface area (Å²) >= 11 is -1.83. The number of nitrogens with zero attached hydrogens (tertiary/aromatic N) is 3. The predicted octanol–water partition coefficient (Wildman–Crippen LogP) is 14.4. The van der Waals surface area contributed by atoms with Crippen LogP contribution >= 0.6 is 0 Å². The molecule has 62 heavy (non-hydrogen) atoms. The Balaban J connectivity index is 0.000000232. The van der Waals surface area contributed by atoms with Crippen molar-refractivity contribution in [2.24, 2.45) is 0 Å². The van der Waals surface area contributed by atoms with Crippen molar-refractivity contribution in [3.63, 3.8) is 0 Å². The Labute approximate surface area is 385 Å². The molecule has 0 amide bonds. The summed E-state index contributed by atoms with van der Waals surface area (Å²) in [6.07, 6.45) is 1.95. The van der Waals surface area contributed by atoms with Gasteiger partial charge in [-0.3, -0.25) is 4.98 Å². The monoisotopic (exact) mass is 1050 g/mol. The average Bonchev–Trinajstić information content (AvgIpc) is 3.87. The fourth-order valence-electron chi connectivity index (χ4n) is 7.84. The molecule has 0 atom stereocenters. The van der Waals surface area contributed by atoms with Gasteiger partial charge in [-0.2, -0.15) is 0 Å². The zero-order chi connectivity index (χ0) is 44.8. The van der Waals surface area contributed by atoms with Crippen molar-refractivity contribution < 1.29 is 28.6 Å². The van der Waals surface area contributed by atoms with E-state index in [0.717, 1.165) is 83.6 Å². The normalized spacial score (nSPS) is 12.6. The van der Waals surface area contributed by atoms with Crippen molar-refractivity contribution in [1.82, 2.24) is 14.5 Å². The Bertz CT molecular complexity index is 3140. The molecule has 4 nitrogen and oxygen atoms in total. The van der Waals surface area contributed by atoms with E-state index < -0.39 is 20.1 Å². The van der Waals surface area contributed by atoms with E-state index in [-0.39, 0.29) is 25.5 Å². The summed E-state index contributed by atoms with van der Waals surface area (Å²) < 4.78 is 32.3. The minimum Gasteiger partial charge on any atom is 0 e. The molecule has 0 N–H and O–H groups in total. The summed E-state index contributed by atoms with van der Waals surface area (Å²) in [7, 11) is 0. The minimum atomic E-state index is -2.08. The Kier molecular flexibility index (Phi) is 11.0. The molecule has 0 bridgehead atoms. The number of hydrogen-bond acceptors (Lipinski definition) is 3. The molecule has 0 aliphatic rings. The van der Waals surface area contributed by atoms with Crippen molar-refractivity contribution >= 4 is 50.6 Å². The molecule has 3 aromatic heterocycles. The van der Waals surface area contributed by atoms with E-state index in [1.165, 1.54) is 16.0 Å². The topological polar surface area (TPSA) is 43.9 Å². The van der Waals surface area contributed by atoms with Crippen molar-refractivity contribution in [2.75, 3.05) is 0 Å². The number of imidazole rings is 1. The summed E-state index contributed by atoms with van der Waals surface area (Å²) in [6, 6.07) is 62.4. The smallest absolute Gasteiger partial charge is 0 e. The Hall–Kier alpha value is -5.85. The molecule has 0 spiro atoms. The Morgan fingerprint density at radius 1 is 0.694 bits per heavy atom. The number of furan rings is 1. The van der Waals surface area contributed by atoms with Crippen molar-refractivity contribution in [2.45, 2.75) is 50.3 Å². The molecule has 7 aromatic carbocycles. The van der Waals surface area contributed by atoms with E-state index in [1.807, 2.05) is 36.5 Å². The van der Waals surface area contributed by atoms with Crippen LogP contribution in [0.1, 0.15) is 36.0 Å². The third-order valence-corrected chi connectivity index (χ3v) is 15.5. The van der Waals surface area contributed by atoms with Crippen LogP contribution in [-0.4, -0.2) is 27.8 Å². The van der Waals surface area contributed by atoms with Crippen molar-refractivity contribution in [1.29, 1.82) is 0 Å². The zero-order valence-electron chi connectivity index (χ0n) is 38.7. The Morgan fingerprint density at radius 2 is 1.35 bits per heavy atom. The second kappa shape index (κ2) is 17.5. The number of pyridine rings is 1. The van der Waals surface area contributed by atoms with Crippen LogP contribution in [0, 0.1) is 19.0 Å². The second-order valence-electron chi connectivity index (χ2n) is 17.5. The number of fused-ring (bicyclic) bond motifs is 4. The molecule has 0 fully saturated rings. The third kappa shape index (κ3) is 8.50. The van der Waals surface area contributed by atoms with Gasteiger partial charge in [-0.25, -0.2) is 0 Å². The van der Waals surface area contributed by atoms with E-state index in [9.17, 15) is 0 Å². The van der Waals surface area contributed by atoms with Gasteiger partial charge in [-0.05, 0) is 52.4 Å². The van der Waals surface area contributed by atoms with Gasteiger partial charge in [0, 0.05) is 36.6 Å². The number of benzene rings is 7. The van der Waals surface area contributed by atoms with Gasteiger partial charge in [0.2, 0.25) is 0 Å². The van der Waals surface area contributed by atoms with Crippen molar-refractivity contribution in [3.05, 3.63) is 193 Å². The number of para-hydroxylation sites is 3. The molecule has 10 rings (SSSR count). The van der Waals surface area contributed by atoms with Crippen LogP contribution in [0.25, 0.3) is 83.6 Å². The molecule has 0 saturated carbocycles. The maximum Gasteiger partial charge on any atom is 0 e. The first-order chi connectivity index (χ1) is 30.6. The van der Waals surface area contributed by atoms with Crippen LogP contribution in [0.15, 0.2) is 174 Å². The Morgan fingerprint density at radius 3 is 1.97 bits per heavy atom. The van der Waals surface area contributed by atoms with E-state index in [2.05, 4.69) is 175 Å². The molecule has 309 valence electrons. The van der Waals surface area contributed by atoms with Gasteiger partial charge in [-0.15, -0.1) is 18.2 Å². The zero-order valence-corrected chi connectivity index (χ0v) is 40.2. The van der Waals surface area contributed by atoms with Gasteiger partial charge in [0.25, 0.3) is 0 Å². The molecule has 0 saturated heterocycles. The van der Waals surface area contributed by atoms with Crippen LogP contribution in [0.3, 0.4) is 0 Å². The quantitative estimate of drug-likeness (QED) is 0.123. The van der Waals surface area contributed by atoms with Gasteiger partial charge in [0.15, 0.2) is 0 Å². The summed E-state index contributed by atoms with van der Waals surface area (Å²) in [5.41, 5.74) is 13.3. The first-order valence-corrected chi connectivity index (χ1v) is 28.1. The molecule has 0 unspecified atom stereocenters. The van der Waals surface area contributed by atoms with E-state index in [4.69, 9.17) is 13.5 Å². The maximum absolute atomic E-state index is 7.35. The SMILES string of the molecule is CC(C)(C)c1cc(-c2ccccc2)c(-n2c(-c3[c-]ccc4c3oc3ccccc34)nc3ccccc32)c(-c2ccccc2)c1.[2H]C([2H])([2H])c1c[c-]c(-c2cc[c]([Ge]([CH3])([CH3])[CH3])cn2)cc1.[Ir]. The molecule has 10 aromatic rings. The fraction of sp³-hybridized carbons (Fsp3) is 0.143. The van der Waals surface area contributed by atoms with E-state index in [1.54, 1.807) is 12.1 Å². The molecule has 1 radical (unpaired) electrons. The largest absolute Gasteiger partial charge is 0 e. The summed E-state index contributed by atoms with van der Waals surface area (Å²) in [6.45, 7) is 4.76. The van der Waals surface area contributed by atoms with Crippen LogP contribution < -0.4 is 4.40 Å². The summed E-state index contributed by atoms with van der Waals surface area (Å²) in [5, 5.41) is 2.15. The summed E-state index contributed by atoms with van der Waals surface area (Å²) in [5.74, 6) is 7.78. The molecular weight excluding hydrogens is 995 g/mol. The first kappa shape index (κ1) is 39.0. The van der Waals surface area contributed by atoms with E-state index in [0.29, 0.717) is 5.56 Å². The number of aromatic nitrogens is 3. The first-order valence-electron chi connectivity index (χ1n) is 22.2. The average molecular weight is 1050 g/mol.